The number of nitrogens with one attached hydrogen (secondary N) is 3. The third-order valence-electron chi connectivity index (χ3n) is 3.07. The largest absolute Gasteiger partial charge is 0.379 e. The molecule has 5 nitrogen and oxygen atoms in total. The van der Waals surface area contributed by atoms with E-state index in [1.807, 2.05) is 45.0 Å². The fourth-order valence-corrected chi connectivity index (χ4v) is 1.71. The first-order valence-corrected chi connectivity index (χ1v) is 6.70. The molecule has 0 saturated carbocycles. The predicted octanol–water partition coefficient (Wildman–Crippen LogP) is 2.92. The van der Waals surface area contributed by atoms with E-state index in [-0.39, 0.29) is 11.8 Å². The summed E-state index contributed by atoms with van der Waals surface area (Å²) in [5.41, 5.74) is 3.88. The SMILES string of the molecule is Cc1[nH]cnc1CNc1ccc(NC(=O)C(C)C)cc1. The summed E-state index contributed by atoms with van der Waals surface area (Å²) in [4.78, 5) is 18.9. The van der Waals surface area contributed by atoms with Crippen LogP contribution in [0.5, 0.6) is 0 Å². The summed E-state index contributed by atoms with van der Waals surface area (Å²) in [6.45, 7) is 6.41. The first kappa shape index (κ1) is 14.1. The molecule has 1 aromatic heterocycles. The van der Waals surface area contributed by atoms with Crippen molar-refractivity contribution >= 4 is 17.3 Å². The number of nitrogens with zero attached hydrogens (tertiary/aromatic N) is 1. The average molecular weight is 272 g/mol. The lowest BCUT2D eigenvalue weighted by Crippen LogP contribution is -2.17. The maximum Gasteiger partial charge on any atom is 0.226 e. The van der Waals surface area contributed by atoms with Gasteiger partial charge in [-0.3, -0.25) is 4.79 Å². The smallest absolute Gasteiger partial charge is 0.226 e. The van der Waals surface area contributed by atoms with Gasteiger partial charge in [-0.25, -0.2) is 4.98 Å². The summed E-state index contributed by atoms with van der Waals surface area (Å²) < 4.78 is 0. The second-order valence-electron chi connectivity index (χ2n) is 5.05. The molecule has 2 rings (SSSR count). The summed E-state index contributed by atoms with van der Waals surface area (Å²) >= 11 is 0. The number of hydrogen-bond acceptors (Lipinski definition) is 3. The van der Waals surface area contributed by atoms with Gasteiger partial charge in [0.05, 0.1) is 18.6 Å². The Labute approximate surface area is 118 Å². The van der Waals surface area contributed by atoms with E-state index in [9.17, 15) is 4.79 Å². The van der Waals surface area contributed by atoms with Crippen LogP contribution in [0, 0.1) is 12.8 Å². The van der Waals surface area contributed by atoms with Gasteiger partial charge in [0.1, 0.15) is 0 Å². The minimum atomic E-state index is -0.0181. The van der Waals surface area contributed by atoms with Crippen molar-refractivity contribution in [3.8, 4) is 0 Å². The Balaban J connectivity index is 1.91. The van der Waals surface area contributed by atoms with Crippen molar-refractivity contribution < 1.29 is 4.79 Å². The molecule has 0 saturated heterocycles. The number of carbonyl (C=O) groups excluding carboxylic acids is 1. The highest BCUT2D eigenvalue weighted by Gasteiger charge is 2.06. The maximum atomic E-state index is 11.6. The molecule has 1 amide bonds. The zero-order chi connectivity index (χ0) is 14.5. The second-order valence-corrected chi connectivity index (χ2v) is 5.05. The molecule has 0 aliphatic carbocycles. The van der Waals surface area contributed by atoms with Crippen LogP contribution < -0.4 is 10.6 Å². The molecular formula is C15H20N4O. The first-order chi connectivity index (χ1) is 9.56. The van der Waals surface area contributed by atoms with Crippen LogP contribution in [-0.4, -0.2) is 15.9 Å². The minimum Gasteiger partial charge on any atom is -0.379 e. The Morgan fingerprint density at radius 1 is 1.25 bits per heavy atom. The lowest BCUT2D eigenvalue weighted by molar-refractivity contribution is -0.118. The van der Waals surface area contributed by atoms with Gasteiger partial charge in [0.2, 0.25) is 5.91 Å². The Kier molecular flexibility index (Phi) is 4.40. The Hall–Kier alpha value is -2.30. The number of imidazole rings is 1. The molecule has 106 valence electrons. The summed E-state index contributed by atoms with van der Waals surface area (Å²) in [5, 5.41) is 6.16. The summed E-state index contributed by atoms with van der Waals surface area (Å²) in [5.74, 6) is 0.00768. The lowest BCUT2D eigenvalue weighted by atomic mass is 10.2. The van der Waals surface area contributed by atoms with E-state index < -0.39 is 0 Å². The number of benzene rings is 1. The van der Waals surface area contributed by atoms with Gasteiger partial charge in [-0.05, 0) is 31.2 Å². The topological polar surface area (TPSA) is 69.8 Å². The monoisotopic (exact) mass is 272 g/mol. The van der Waals surface area contributed by atoms with Crippen LogP contribution in [0.4, 0.5) is 11.4 Å². The molecule has 0 bridgehead atoms. The lowest BCUT2D eigenvalue weighted by Gasteiger charge is -2.09. The number of carbonyl (C=O) groups is 1. The van der Waals surface area contributed by atoms with Gasteiger partial charge in [0.25, 0.3) is 0 Å². The number of amides is 1. The van der Waals surface area contributed by atoms with Crippen molar-refractivity contribution in [3.63, 3.8) is 0 Å². The molecule has 5 heteroatoms. The van der Waals surface area contributed by atoms with Crippen LogP contribution in [0.15, 0.2) is 30.6 Å². The normalized spacial score (nSPS) is 10.6. The summed E-state index contributed by atoms with van der Waals surface area (Å²) in [6.07, 6.45) is 1.69. The molecular weight excluding hydrogens is 252 g/mol. The van der Waals surface area contributed by atoms with Crippen LogP contribution in [0.2, 0.25) is 0 Å². The number of aryl methyl sites for hydroxylation is 1. The van der Waals surface area contributed by atoms with E-state index in [1.54, 1.807) is 6.33 Å². The van der Waals surface area contributed by atoms with Gasteiger partial charge >= 0.3 is 0 Å². The van der Waals surface area contributed by atoms with Gasteiger partial charge in [0.15, 0.2) is 0 Å². The molecule has 1 aromatic carbocycles. The molecule has 2 aromatic rings. The molecule has 0 aliphatic rings. The third kappa shape index (κ3) is 3.60. The zero-order valence-corrected chi connectivity index (χ0v) is 12.0. The van der Waals surface area contributed by atoms with Crippen LogP contribution in [-0.2, 0) is 11.3 Å². The van der Waals surface area contributed by atoms with Crippen LogP contribution in [0.3, 0.4) is 0 Å². The Morgan fingerprint density at radius 3 is 2.45 bits per heavy atom. The molecule has 20 heavy (non-hydrogen) atoms. The Bertz CT molecular complexity index is 572. The van der Waals surface area contributed by atoms with Crippen LogP contribution in [0.1, 0.15) is 25.2 Å². The van der Waals surface area contributed by atoms with E-state index in [4.69, 9.17) is 0 Å². The standard InChI is InChI=1S/C15H20N4O/c1-10(2)15(20)19-13-6-4-12(5-7-13)16-8-14-11(3)17-9-18-14/h4-7,9-10,16H,8H2,1-3H3,(H,17,18)(H,19,20). The molecule has 0 fully saturated rings. The molecule has 3 N–H and O–H groups in total. The summed E-state index contributed by atoms with van der Waals surface area (Å²) in [7, 11) is 0. The number of anilines is 2. The van der Waals surface area contributed by atoms with Crippen molar-refractivity contribution in [2.75, 3.05) is 10.6 Å². The molecule has 0 aliphatic heterocycles. The van der Waals surface area contributed by atoms with Gasteiger partial charge < -0.3 is 15.6 Å². The van der Waals surface area contributed by atoms with Crippen molar-refractivity contribution in [1.82, 2.24) is 9.97 Å². The molecule has 0 atom stereocenters. The fourth-order valence-electron chi connectivity index (χ4n) is 1.71. The quantitative estimate of drug-likeness (QED) is 0.783. The number of rotatable bonds is 5. The van der Waals surface area contributed by atoms with Crippen molar-refractivity contribution in [1.29, 1.82) is 0 Å². The zero-order valence-electron chi connectivity index (χ0n) is 12.0. The van der Waals surface area contributed by atoms with Crippen molar-refractivity contribution in [3.05, 3.63) is 42.0 Å². The predicted molar refractivity (Wildman–Crippen MR) is 80.6 cm³/mol. The second kappa shape index (κ2) is 6.23. The number of aromatic amines is 1. The fraction of sp³-hybridized carbons (Fsp3) is 0.333. The highest BCUT2D eigenvalue weighted by atomic mass is 16.1. The van der Waals surface area contributed by atoms with Gasteiger partial charge in [-0.1, -0.05) is 13.8 Å². The van der Waals surface area contributed by atoms with E-state index in [0.29, 0.717) is 6.54 Å². The highest BCUT2D eigenvalue weighted by Crippen LogP contribution is 2.15. The average Bonchev–Trinajstić information content (AvgIpc) is 2.83. The minimum absolute atomic E-state index is 0.0181. The molecule has 0 spiro atoms. The summed E-state index contributed by atoms with van der Waals surface area (Å²) in [6, 6.07) is 7.66. The number of H-pyrrole nitrogens is 1. The number of aromatic nitrogens is 2. The Morgan fingerprint density at radius 2 is 1.90 bits per heavy atom. The molecule has 0 unspecified atom stereocenters. The first-order valence-electron chi connectivity index (χ1n) is 6.70. The third-order valence-corrected chi connectivity index (χ3v) is 3.07. The van der Waals surface area contributed by atoms with Crippen LogP contribution >= 0.6 is 0 Å². The molecule has 1 heterocycles. The van der Waals surface area contributed by atoms with Gasteiger partial charge in [-0.15, -0.1) is 0 Å². The maximum absolute atomic E-state index is 11.6. The van der Waals surface area contributed by atoms with Gasteiger partial charge in [0, 0.05) is 23.0 Å². The van der Waals surface area contributed by atoms with E-state index in [0.717, 1.165) is 22.8 Å². The van der Waals surface area contributed by atoms with E-state index >= 15 is 0 Å². The molecule has 0 radical (unpaired) electrons. The van der Waals surface area contributed by atoms with E-state index in [2.05, 4.69) is 20.6 Å². The van der Waals surface area contributed by atoms with Crippen LogP contribution in [0.25, 0.3) is 0 Å². The number of hydrogen-bond donors (Lipinski definition) is 3. The van der Waals surface area contributed by atoms with Crippen molar-refractivity contribution in [2.24, 2.45) is 5.92 Å². The highest BCUT2D eigenvalue weighted by molar-refractivity contribution is 5.92. The van der Waals surface area contributed by atoms with Crippen molar-refractivity contribution in [2.45, 2.75) is 27.3 Å². The van der Waals surface area contributed by atoms with Gasteiger partial charge in [-0.2, -0.15) is 0 Å². The van der Waals surface area contributed by atoms with E-state index in [1.165, 1.54) is 0 Å².